The van der Waals surface area contributed by atoms with Gasteiger partial charge in [-0.25, -0.2) is 0 Å². The van der Waals surface area contributed by atoms with Gasteiger partial charge >= 0.3 is 0 Å². The highest BCUT2D eigenvalue weighted by Crippen LogP contribution is 2.35. The molecule has 0 aliphatic heterocycles. The van der Waals surface area contributed by atoms with Crippen LogP contribution in [0.5, 0.6) is 0 Å². The Morgan fingerprint density at radius 3 is 2.40 bits per heavy atom. The molecule has 3 rings (SSSR count). The average molecular weight is 289 g/mol. The van der Waals surface area contributed by atoms with Gasteiger partial charge in [0.05, 0.1) is 0 Å². The second-order valence-electron chi connectivity index (χ2n) is 6.66. The molecule has 2 fully saturated rings. The van der Waals surface area contributed by atoms with Crippen molar-refractivity contribution >= 4 is 17.4 Å². The quantitative estimate of drug-likeness (QED) is 0.761. The number of benzene rings is 1. The van der Waals surface area contributed by atoms with E-state index in [-0.39, 0.29) is 0 Å². The molecule has 2 saturated carbocycles. The molecular formula is C18H27NS. The van der Waals surface area contributed by atoms with E-state index in [9.17, 15) is 0 Å². The van der Waals surface area contributed by atoms with Crippen LogP contribution in [0.15, 0.2) is 29.2 Å². The van der Waals surface area contributed by atoms with Gasteiger partial charge in [0, 0.05) is 21.9 Å². The Morgan fingerprint density at radius 1 is 0.950 bits per heavy atom. The zero-order valence-corrected chi connectivity index (χ0v) is 13.4. The molecule has 2 atom stereocenters. The van der Waals surface area contributed by atoms with Crippen molar-refractivity contribution in [2.75, 3.05) is 5.32 Å². The lowest BCUT2D eigenvalue weighted by Crippen LogP contribution is -2.26. The zero-order valence-electron chi connectivity index (χ0n) is 12.6. The van der Waals surface area contributed by atoms with Crippen LogP contribution in [0.25, 0.3) is 0 Å². The Labute approximate surface area is 127 Å². The molecule has 2 heteroatoms. The minimum atomic E-state index is 0.687. The molecule has 2 aliphatic rings. The number of hydrogen-bond acceptors (Lipinski definition) is 2. The fourth-order valence-corrected chi connectivity index (χ4v) is 4.88. The fourth-order valence-electron chi connectivity index (χ4n) is 3.63. The van der Waals surface area contributed by atoms with E-state index in [1.807, 2.05) is 0 Å². The molecule has 0 heterocycles. The van der Waals surface area contributed by atoms with Gasteiger partial charge < -0.3 is 5.32 Å². The smallest absolute Gasteiger partial charge is 0.0343 e. The van der Waals surface area contributed by atoms with Gasteiger partial charge in [0.15, 0.2) is 0 Å². The Hall–Kier alpha value is -0.630. The van der Waals surface area contributed by atoms with Crippen LogP contribution in [0.4, 0.5) is 5.69 Å². The van der Waals surface area contributed by atoms with Crippen molar-refractivity contribution in [2.24, 2.45) is 5.92 Å². The van der Waals surface area contributed by atoms with Crippen molar-refractivity contribution in [1.29, 1.82) is 0 Å². The first-order valence-corrected chi connectivity index (χ1v) is 9.21. The average Bonchev–Trinajstić information content (AvgIpc) is 2.94. The molecular weight excluding hydrogens is 262 g/mol. The van der Waals surface area contributed by atoms with Crippen molar-refractivity contribution in [3.8, 4) is 0 Å². The number of hydrogen-bond donors (Lipinski definition) is 1. The van der Waals surface area contributed by atoms with E-state index in [0.29, 0.717) is 6.04 Å². The summed E-state index contributed by atoms with van der Waals surface area (Å²) in [4.78, 5) is 1.44. The summed E-state index contributed by atoms with van der Waals surface area (Å²) >= 11 is 2.08. The molecule has 0 spiro atoms. The van der Waals surface area contributed by atoms with Crippen LogP contribution in [-0.2, 0) is 0 Å². The van der Waals surface area contributed by atoms with Crippen LogP contribution in [0.2, 0.25) is 0 Å². The first kappa shape index (κ1) is 14.3. The van der Waals surface area contributed by atoms with Gasteiger partial charge in [0.1, 0.15) is 0 Å². The van der Waals surface area contributed by atoms with Crippen molar-refractivity contribution < 1.29 is 0 Å². The maximum Gasteiger partial charge on any atom is 0.0343 e. The van der Waals surface area contributed by atoms with Crippen LogP contribution < -0.4 is 5.32 Å². The Balaban J connectivity index is 1.52. The lowest BCUT2D eigenvalue weighted by atomic mass is 9.87. The Kier molecular flexibility index (Phi) is 4.93. The van der Waals surface area contributed by atoms with Gasteiger partial charge in [0.25, 0.3) is 0 Å². The van der Waals surface area contributed by atoms with E-state index >= 15 is 0 Å². The summed E-state index contributed by atoms with van der Waals surface area (Å²) < 4.78 is 0. The fraction of sp³-hybridized carbons (Fsp3) is 0.667. The summed E-state index contributed by atoms with van der Waals surface area (Å²) in [5, 5.41) is 4.59. The highest BCUT2D eigenvalue weighted by Gasteiger charge is 2.19. The molecule has 0 amide bonds. The van der Waals surface area contributed by atoms with Gasteiger partial charge in [-0.3, -0.25) is 0 Å². The predicted molar refractivity (Wildman–Crippen MR) is 89.6 cm³/mol. The van der Waals surface area contributed by atoms with Crippen LogP contribution >= 0.6 is 11.8 Å². The predicted octanol–water partition coefficient (Wildman–Crippen LogP) is 5.71. The first-order valence-electron chi connectivity index (χ1n) is 8.33. The van der Waals surface area contributed by atoms with Crippen LogP contribution in [0.3, 0.4) is 0 Å². The second kappa shape index (κ2) is 6.89. The van der Waals surface area contributed by atoms with Crippen LogP contribution in [-0.4, -0.2) is 11.3 Å². The van der Waals surface area contributed by atoms with Crippen molar-refractivity contribution in [3.63, 3.8) is 0 Å². The molecule has 2 aliphatic carbocycles. The topological polar surface area (TPSA) is 12.0 Å². The molecule has 0 saturated heterocycles. The van der Waals surface area contributed by atoms with Crippen LogP contribution in [0.1, 0.15) is 58.3 Å². The third kappa shape index (κ3) is 3.94. The second-order valence-corrected chi connectivity index (χ2v) is 8.04. The maximum absolute atomic E-state index is 3.72. The van der Waals surface area contributed by atoms with E-state index in [0.717, 1.165) is 11.2 Å². The highest BCUT2D eigenvalue weighted by molar-refractivity contribution is 8.00. The Bertz CT molecular complexity index is 408. The molecule has 2 unspecified atom stereocenters. The van der Waals surface area contributed by atoms with Gasteiger partial charge in [-0.05, 0) is 55.9 Å². The molecule has 0 radical (unpaired) electrons. The zero-order chi connectivity index (χ0) is 13.8. The van der Waals surface area contributed by atoms with Crippen molar-refractivity contribution in [3.05, 3.63) is 24.3 Å². The highest BCUT2D eigenvalue weighted by atomic mass is 32.2. The normalized spacial score (nSPS) is 27.6. The maximum atomic E-state index is 3.72. The number of rotatable bonds is 4. The standard InChI is InChI=1S/C18H27NS/c1-14-5-4-6-16(13-14)19-15-9-11-18(12-10-15)20-17-7-2-3-8-17/h9-12,14,16-17,19H,2-8,13H2,1H3. The summed E-state index contributed by atoms with van der Waals surface area (Å²) in [6.45, 7) is 2.38. The molecule has 1 aromatic rings. The van der Waals surface area contributed by atoms with Gasteiger partial charge in [-0.2, -0.15) is 0 Å². The molecule has 1 N–H and O–H groups in total. The summed E-state index contributed by atoms with van der Waals surface area (Å²) in [5.41, 5.74) is 1.31. The minimum absolute atomic E-state index is 0.687. The third-order valence-corrected chi connectivity index (χ3v) is 6.12. The lowest BCUT2D eigenvalue weighted by molar-refractivity contribution is 0.358. The summed E-state index contributed by atoms with van der Waals surface area (Å²) in [6, 6.07) is 9.84. The number of nitrogens with one attached hydrogen (secondary N) is 1. The van der Waals surface area contributed by atoms with Crippen LogP contribution in [0, 0.1) is 5.92 Å². The number of thioether (sulfide) groups is 1. The largest absolute Gasteiger partial charge is 0.382 e. The SMILES string of the molecule is CC1CCCC(Nc2ccc(SC3CCCC3)cc2)C1. The van der Waals surface area contributed by atoms with E-state index in [4.69, 9.17) is 0 Å². The van der Waals surface area contributed by atoms with E-state index in [1.54, 1.807) is 0 Å². The van der Waals surface area contributed by atoms with Crippen molar-refractivity contribution in [1.82, 2.24) is 0 Å². The molecule has 110 valence electrons. The van der Waals surface area contributed by atoms with E-state index < -0.39 is 0 Å². The summed E-state index contributed by atoms with van der Waals surface area (Å²) in [6.07, 6.45) is 11.1. The van der Waals surface area contributed by atoms with E-state index in [1.165, 1.54) is 61.9 Å². The molecule has 1 nitrogen and oxygen atoms in total. The summed E-state index contributed by atoms with van der Waals surface area (Å²) in [5.74, 6) is 0.887. The van der Waals surface area contributed by atoms with E-state index in [2.05, 4.69) is 48.3 Å². The van der Waals surface area contributed by atoms with Gasteiger partial charge in [-0.1, -0.05) is 32.6 Å². The summed E-state index contributed by atoms with van der Waals surface area (Å²) in [7, 11) is 0. The van der Waals surface area contributed by atoms with Gasteiger partial charge in [-0.15, -0.1) is 11.8 Å². The monoisotopic (exact) mass is 289 g/mol. The van der Waals surface area contributed by atoms with Crippen molar-refractivity contribution in [2.45, 2.75) is 74.5 Å². The molecule has 0 aromatic heterocycles. The Morgan fingerprint density at radius 2 is 1.70 bits per heavy atom. The number of anilines is 1. The molecule has 1 aromatic carbocycles. The molecule has 0 bridgehead atoms. The molecule has 20 heavy (non-hydrogen) atoms. The third-order valence-electron chi connectivity index (χ3n) is 4.77. The van der Waals surface area contributed by atoms with Gasteiger partial charge in [0.2, 0.25) is 0 Å². The minimum Gasteiger partial charge on any atom is -0.382 e. The first-order chi connectivity index (χ1) is 9.79. The lowest BCUT2D eigenvalue weighted by Gasteiger charge is -2.28.